The van der Waals surface area contributed by atoms with E-state index in [4.69, 9.17) is 15.2 Å². The van der Waals surface area contributed by atoms with Crippen LogP contribution in [0.3, 0.4) is 0 Å². The zero-order chi connectivity index (χ0) is 13.3. The molecule has 0 radical (unpaired) electrons. The summed E-state index contributed by atoms with van der Waals surface area (Å²) in [6.45, 7) is 5.26. The fraction of sp³-hybridized carbons (Fsp3) is 0.923. The van der Waals surface area contributed by atoms with Crippen LogP contribution in [-0.4, -0.2) is 67.9 Å². The quantitative estimate of drug-likeness (QED) is 0.320. The van der Waals surface area contributed by atoms with E-state index in [1.165, 1.54) is 0 Å². The summed E-state index contributed by atoms with van der Waals surface area (Å²) < 4.78 is 11.1. The van der Waals surface area contributed by atoms with Crippen LogP contribution in [0.5, 0.6) is 0 Å². The standard InChI is InChI=1S/C13H25N3O2S.HI/c14-13(16-5-10-19-11-6-16)15-4-1-7-18-12-2-8-17-9-3-12;/h12H,1-11H2,(H2,14,15);1H. The number of aliphatic imine (C=N–C) groups is 1. The van der Waals surface area contributed by atoms with Crippen molar-refractivity contribution in [3.63, 3.8) is 0 Å². The number of thioether (sulfide) groups is 1. The molecule has 0 atom stereocenters. The average molecular weight is 415 g/mol. The van der Waals surface area contributed by atoms with Crippen molar-refractivity contribution in [2.45, 2.75) is 25.4 Å². The summed E-state index contributed by atoms with van der Waals surface area (Å²) in [5.74, 6) is 3.01. The second kappa shape index (κ2) is 10.9. The minimum atomic E-state index is 0. The summed E-state index contributed by atoms with van der Waals surface area (Å²) >= 11 is 1.98. The predicted octanol–water partition coefficient (Wildman–Crippen LogP) is 1.55. The van der Waals surface area contributed by atoms with Gasteiger partial charge in [-0.15, -0.1) is 24.0 Å². The molecule has 0 aromatic heterocycles. The molecule has 7 heteroatoms. The van der Waals surface area contributed by atoms with Gasteiger partial charge in [0.05, 0.1) is 6.10 Å². The number of ether oxygens (including phenoxy) is 2. The third kappa shape index (κ3) is 6.82. The van der Waals surface area contributed by atoms with Crippen molar-refractivity contribution >= 4 is 41.7 Å². The number of rotatable bonds is 5. The van der Waals surface area contributed by atoms with Crippen LogP contribution in [0.15, 0.2) is 4.99 Å². The molecule has 2 fully saturated rings. The fourth-order valence-electron chi connectivity index (χ4n) is 2.24. The second-order valence-corrected chi connectivity index (χ2v) is 6.10. The lowest BCUT2D eigenvalue weighted by molar-refractivity contribution is -0.0318. The average Bonchev–Trinajstić information content (AvgIpc) is 2.49. The lowest BCUT2D eigenvalue weighted by Crippen LogP contribution is -2.42. The Hall–Kier alpha value is 0.270. The first-order valence-corrected chi connectivity index (χ1v) is 8.33. The van der Waals surface area contributed by atoms with Gasteiger partial charge in [-0.3, -0.25) is 4.99 Å². The molecule has 0 amide bonds. The van der Waals surface area contributed by atoms with E-state index in [0.717, 1.165) is 70.2 Å². The van der Waals surface area contributed by atoms with Crippen LogP contribution in [-0.2, 0) is 9.47 Å². The first kappa shape index (κ1) is 18.3. The first-order valence-electron chi connectivity index (χ1n) is 7.18. The minimum absolute atomic E-state index is 0. The summed E-state index contributed by atoms with van der Waals surface area (Å²) in [6, 6.07) is 0. The minimum Gasteiger partial charge on any atom is -0.381 e. The molecular weight excluding hydrogens is 389 g/mol. The van der Waals surface area contributed by atoms with Crippen molar-refractivity contribution in [3.05, 3.63) is 0 Å². The Morgan fingerprint density at radius 1 is 1.30 bits per heavy atom. The highest BCUT2D eigenvalue weighted by molar-refractivity contribution is 14.0. The number of hydrogen-bond acceptors (Lipinski definition) is 4. The molecule has 0 saturated carbocycles. The van der Waals surface area contributed by atoms with E-state index >= 15 is 0 Å². The molecular formula is C13H26IN3O2S. The van der Waals surface area contributed by atoms with Gasteiger partial charge in [0.1, 0.15) is 0 Å². The van der Waals surface area contributed by atoms with Crippen LogP contribution in [0, 0.1) is 0 Å². The van der Waals surface area contributed by atoms with Crippen molar-refractivity contribution < 1.29 is 9.47 Å². The molecule has 5 nitrogen and oxygen atoms in total. The zero-order valence-corrected chi connectivity index (χ0v) is 15.1. The molecule has 118 valence electrons. The maximum absolute atomic E-state index is 5.98. The van der Waals surface area contributed by atoms with E-state index in [-0.39, 0.29) is 24.0 Å². The molecule has 0 aromatic rings. The summed E-state index contributed by atoms with van der Waals surface area (Å²) in [5.41, 5.74) is 5.98. The van der Waals surface area contributed by atoms with Crippen molar-refractivity contribution in [1.29, 1.82) is 0 Å². The van der Waals surface area contributed by atoms with Gasteiger partial charge in [0, 0.05) is 51.0 Å². The Balaban J connectivity index is 0.00000200. The lowest BCUT2D eigenvalue weighted by atomic mass is 10.1. The van der Waals surface area contributed by atoms with Gasteiger partial charge in [-0.25, -0.2) is 0 Å². The fourth-order valence-corrected chi connectivity index (χ4v) is 3.15. The molecule has 20 heavy (non-hydrogen) atoms. The van der Waals surface area contributed by atoms with Gasteiger partial charge in [-0.1, -0.05) is 0 Å². The normalized spacial score (nSPS) is 21.6. The molecule has 2 aliphatic heterocycles. The first-order chi connectivity index (χ1) is 9.36. The van der Waals surface area contributed by atoms with Gasteiger partial charge >= 0.3 is 0 Å². The monoisotopic (exact) mass is 415 g/mol. The molecule has 2 aliphatic rings. The van der Waals surface area contributed by atoms with E-state index in [1.54, 1.807) is 0 Å². The van der Waals surface area contributed by atoms with Crippen molar-refractivity contribution in [1.82, 2.24) is 4.90 Å². The van der Waals surface area contributed by atoms with Crippen LogP contribution < -0.4 is 5.73 Å². The summed E-state index contributed by atoms with van der Waals surface area (Å²) in [6.07, 6.45) is 3.38. The van der Waals surface area contributed by atoms with E-state index in [2.05, 4.69) is 9.89 Å². The van der Waals surface area contributed by atoms with E-state index in [9.17, 15) is 0 Å². The molecule has 0 unspecified atom stereocenters. The number of guanidine groups is 1. The van der Waals surface area contributed by atoms with Crippen LogP contribution >= 0.6 is 35.7 Å². The molecule has 2 heterocycles. The number of nitrogens with two attached hydrogens (primary N) is 1. The van der Waals surface area contributed by atoms with Crippen LogP contribution in [0.1, 0.15) is 19.3 Å². The third-order valence-electron chi connectivity index (χ3n) is 3.43. The Kier molecular flexibility index (Phi) is 10.0. The topological polar surface area (TPSA) is 60.1 Å². The van der Waals surface area contributed by atoms with Crippen molar-refractivity contribution in [2.75, 3.05) is 51.0 Å². The van der Waals surface area contributed by atoms with E-state index in [0.29, 0.717) is 12.1 Å². The van der Waals surface area contributed by atoms with E-state index in [1.807, 2.05) is 11.8 Å². The maximum Gasteiger partial charge on any atom is 0.191 e. The highest BCUT2D eigenvalue weighted by Crippen LogP contribution is 2.11. The second-order valence-electron chi connectivity index (χ2n) is 4.88. The maximum atomic E-state index is 5.98. The largest absolute Gasteiger partial charge is 0.381 e. The molecule has 0 spiro atoms. The summed E-state index contributed by atoms with van der Waals surface area (Å²) in [4.78, 5) is 6.61. The summed E-state index contributed by atoms with van der Waals surface area (Å²) in [5, 5.41) is 0. The highest BCUT2D eigenvalue weighted by Gasteiger charge is 2.14. The predicted molar refractivity (Wildman–Crippen MR) is 95.2 cm³/mol. The van der Waals surface area contributed by atoms with Gasteiger partial charge in [0.2, 0.25) is 0 Å². The van der Waals surface area contributed by atoms with Gasteiger partial charge in [-0.05, 0) is 19.3 Å². The smallest absolute Gasteiger partial charge is 0.191 e. The SMILES string of the molecule is I.NC(=NCCCOC1CCOCC1)N1CCSCC1. The van der Waals surface area contributed by atoms with E-state index < -0.39 is 0 Å². The Labute approximate surface area is 143 Å². The van der Waals surface area contributed by atoms with Crippen molar-refractivity contribution in [3.8, 4) is 0 Å². The lowest BCUT2D eigenvalue weighted by Gasteiger charge is -2.27. The zero-order valence-electron chi connectivity index (χ0n) is 12.0. The molecule has 0 bridgehead atoms. The van der Waals surface area contributed by atoms with Gasteiger partial charge < -0.3 is 20.1 Å². The Morgan fingerprint density at radius 2 is 2.00 bits per heavy atom. The molecule has 2 rings (SSSR count). The van der Waals surface area contributed by atoms with Crippen LogP contribution in [0.25, 0.3) is 0 Å². The van der Waals surface area contributed by atoms with Gasteiger partial charge in [0.15, 0.2) is 5.96 Å². The van der Waals surface area contributed by atoms with Crippen LogP contribution in [0.2, 0.25) is 0 Å². The number of nitrogens with zero attached hydrogens (tertiary/aromatic N) is 2. The van der Waals surface area contributed by atoms with Gasteiger partial charge in [-0.2, -0.15) is 11.8 Å². The van der Waals surface area contributed by atoms with Gasteiger partial charge in [0.25, 0.3) is 0 Å². The molecule has 2 N–H and O–H groups in total. The highest BCUT2D eigenvalue weighted by atomic mass is 127. The number of halogens is 1. The third-order valence-corrected chi connectivity index (χ3v) is 4.38. The molecule has 0 aromatic carbocycles. The Bertz CT molecular complexity index is 283. The van der Waals surface area contributed by atoms with Crippen LogP contribution in [0.4, 0.5) is 0 Å². The summed E-state index contributed by atoms with van der Waals surface area (Å²) in [7, 11) is 0. The molecule has 2 saturated heterocycles. The molecule has 0 aliphatic carbocycles. The van der Waals surface area contributed by atoms with Crippen molar-refractivity contribution in [2.24, 2.45) is 10.7 Å². The number of hydrogen-bond donors (Lipinski definition) is 1. The Morgan fingerprint density at radius 3 is 2.70 bits per heavy atom.